The Kier molecular flexibility index (Phi) is 7.64. The highest BCUT2D eigenvalue weighted by molar-refractivity contribution is 5.87. The highest BCUT2D eigenvalue weighted by Gasteiger charge is 2.68. The van der Waals surface area contributed by atoms with E-state index in [0.29, 0.717) is 5.56 Å². The number of hydrogen-bond acceptors (Lipinski definition) is 4. The van der Waals surface area contributed by atoms with Gasteiger partial charge in [-0.3, -0.25) is 4.90 Å². The van der Waals surface area contributed by atoms with E-state index in [1.807, 2.05) is 24.3 Å². The van der Waals surface area contributed by atoms with Crippen LogP contribution in [-0.2, 0) is 0 Å². The lowest BCUT2D eigenvalue weighted by Crippen LogP contribution is -2.27. The number of hydrogen-bond donors (Lipinski definition) is 2. The van der Waals surface area contributed by atoms with E-state index in [0.717, 1.165) is 22.6 Å². The van der Waals surface area contributed by atoms with Crippen LogP contribution in [0.3, 0.4) is 0 Å². The first-order chi connectivity index (χ1) is 25.1. The Morgan fingerprint density at radius 3 is 2.22 bits per heavy atom. The number of rotatable bonds is 8. The molecule has 0 aromatic heterocycles. The zero-order valence-corrected chi connectivity index (χ0v) is 28.4. The fourth-order valence-electron chi connectivity index (χ4n) is 8.52. The Labute approximate surface area is 300 Å². The number of fused-ring (bicyclic) bond motifs is 1. The van der Waals surface area contributed by atoms with Gasteiger partial charge in [-0.2, -0.15) is 5.26 Å². The molecule has 1 fully saturated rings. The van der Waals surface area contributed by atoms with Crippen molar-refractivity contribution >= 4 is 22.5 Å². The Bertz CT molecular complexity index is 2310. The molecular weight excluding hydrogens is 621 g/mol. The smallest absolute Gasteiger partial charge is 0.101 e. The normalized spacial score (nSPS) is 25.4. The first kappa shape index (κ1) is 30.9. The standard InChI is InChI=1S/C47H38N4/c1-32-39(24-26-43(49-38-20-9-4-10-21-38)46(32)35-17-7-3-8-18-35)36-23-25-42(40(29-36)34-15-5-2-6-16-34)50-45-30-41(37-19-13-14-33(28-37)31-48)47-27-12-11-22-44(47)51(45)47/h2-30,32,39,44-45,49-50H,1H3/t32?,39?,44?,45?,47?,51-/m0/s1. The van der Waals surface area contributed by atoms with E-state index in [9.17, 15) is 5.26 Å². The second kappa shape index (κ2) is 12.6. The quantitative estimate of drug-likeness (QED) is 0.163. The van der Waals surface area contributed by atoms with E-state index in [1.54, 1.807) is 0 Å². The molecule has 0 saturated carbocycles. The van der Waals surface area contributed by atoms with E-state index >= 15 is 0 Å². The SMILES string of the molecule is CC1C(c2ccccc2)=C(Nc2ccccc2)C=CC1c1ccc(NC2C=C(c3cccc(C#N)c3)C34C=CC=CC3[N@@]24)c(-c2ccccc2)c1. The van der Waals surface area contributed by atoms with E-state index < -0.39 is 0 Å². The Morgan fingerprint density at radius 1 is 0.725 bits per heavy atom. The second-order valence-electron chi connectivity index (χ2n) is 13.8. The van der Waals surface area contributed by atoms with Crippen molar-refractivity contribution in [2.75, 3.05) is 10.6 Å². The predicted molar refractivity (Wildman–Crippen MR) is 210 cm³/mol. The molecule has 0 bridgehead atoms. The zero-order chi connectivity index (χ0) is 34.4. The van der Waals surface area contributed by atoms with Crippen LogP contribution in [-0.4, -0.2) is 22.6 Å². The van der Waals surface area contributed by atoms with Crippen LogP contribution in [0.4, 0.5) is 11.4 Å². The lowest BCUT2D eigenvalue weighted by atomic mass is 9.75. The number of nitrogens with zero attached hydrogens (tertiary/aromatic N) is 2. The molecule has 0 radical (unpaired) electrons. The molecule has 1 saturated heterocycles. The zero-order valence-electron chi connectivity index (χ0n) is 28.4. The van der Waals surface area contributed by atoms with Crippen LogP contribution in [0.25, 0.3) is 22.3 Å². The van der Waals surface area contributed by atoms with Crippen molar-refractivity contribution in [3.63, 3.8) is 0 Å². The van der Waals surface area contributed by atoms with Crippen molar-refractivity contribution in [2.45, 2.75) is 30.6 Å². The molecule has 0 amide bonds. The average Bonchev–Trinajstić information content (AvgIpc) is 3.77. The van der Waals surface area contributed by atoms with E-state index in [4.69, 9.17) is 0 Å². The van der Waals surface area contributed by atoms with Gasteiger partial charge >= 0.3 is 0 Å². The summed E-state index contributed by atoms with van der Waals surface area (Å²) < 4.78 is 0. The Hall–Kier alpha value is -6.15. The summed E-state index contributed by atoms with van der Waals surface area (Å²) in [5.74, 6) is 0.423. The molecule has 2 aliphatic heterocycles. The molecule has 2 aliphatic carbocycles. The maximum Gasteiger partial charge on any atom is 0.101 e. The summed E-state index contributed by atoms with van der Waals surface area (Å²) in [5, 5.41) is 17.3. The lowest BCUT2D eigenvalue weighted by Gasteiger charge is -2.31. The Morgan fingerprint density at radius 2 is 1.45 bits per heavy atom. The van der Waals surface area contributed by atoms with Crippen molar-refractivity contribution in [1.29, 1.82) is 5.26 Å². The predicted octanol–water partition coefficient (Wildman–Crippen LogP) is 10.4. The van der Waals surface area contributed by atoms with Gasteiger partial charge in [-0.15, -0.1) is 0 Å². The molecular formula is C47H38N4. The number of para-hydroxylation sites is 1. The summed E-state index contributed by atoms with van der Waals surface area (Å²) in [4.78, 5) is 2.54. The molecule has 9 rings (SSSR count). The topological polar surface area (TPSA) is 50.9 Å². The summed E-state index contributed by atoms with van der Waals surface area (Å²) >= 11 is 0. The molecule has 51 heavy (non-hydrogen) atoms. The van der Waals surface area contributed by atoms with Crippen molar-refractivity contribution in [2.24, 2.45) is 5.92 Å². The molecule has 4 heteroatoms. The van der Waals surface area contributed by atoms with Crippen LogP contribution in [0.5, 0.6) is 0 Å². The average molecular weight is 659 g/mol. The van der Waals surface area contributed by atoms with E-state index in [1.165, 1.54) is 33.4 Å². The molecule has 5 unspecified atom stereocenters. The van der Waals surface area contributed by atoms with Gasteiger partial charge < -0.3 is 10.6 Å². The molecule has 4 aliphatic rings. The van der Waals surface area contributed by atoms with Gasteiger partial charge in [0.1, 0.15) is 6.17 Å². The minimum Gasteiger partial charge on any atom is -0.366 e. The van der Waals surface area contributed by atoms with Crippen molar-refractivity contribution in [3.05, 3.63) is 204 Å². The number of allylic oxidation sites excluding steroid dienone is 5. The molecule has 4 nitrogen and oxygen atoms in total. The summed E-state index contributed by atoms with van der Waals surface area (Å²) in [6, 6.07) is 49.5. The van der Waals surface area contributed by atoms with Crippen LogP contribution in [0.15, 0.2) is 182 Å². The van der Waals surface area contributed by atoms with Crippen LogP contribution in [0, 0.1) is 17.2 Å². The van der Waals surface area contributed by atoms with Crippen LogP contribution >= 0.6 is 0 Å². The molecule has 246 valence electrons. The lowest BCUT2D eigenvalue weighted by molar-refractivity contribution is 0.468. The number of benzene rings is 5. The monoisotopic (exact) mass is 658 g/mol. The minimum atomic E-state index is -0.193. The van der Waals surface area contributed by atoms with Crippen molar-refractivity contribution in [1.82, 2.24) is 4.90 Å². The molecule has 5 aromatic rings. The molecule has 2 N–H and O–H groups in total. The maximum absolute atomic E-state index is 9.65. The maximum atomic E-state index is 9.65. The van der Waals surface area contributed by atoms with E-state index in [-0.39, 0.29) is 29.6 Å². The first-order valence-corrected chi connectivity index (χ1v) is 17.8. The van der Waals surface area contributed by atoms with Gasteiger partial charge in [-0.1, -0.05) is 134 Å². The highest BCUT2D eigenvalue weighted by atomic mass is 15.5. The van der Waals surface area contributed by atoms with Gasteiger partial charge in [-0.05, 0) is 87.9 Å². The molecule has 6 atom stereocenters. The third-order valence-electron chi connectivity index (χ3n) is 10.9. The third kappa shape index (κ3) is 5.35. The van der Waals surface area contributed by atoms with Crippen molar-refractivity contribution in [3.8, 4) is 17.2 Å². The summed E-state index contributed by atoms with van der Waals surface area (Å²) in [5.41, 5.74) is 12.4. The molecule has 1 spiro atoms. The number of anilines is 2. The van der Waals surface area contributed by atoms with Gasteiger partial charge in [0, 0.05) is 28.6 Å². The van der Waals surface area contributed by atoms with Gasteiger partial charge in [0.15, 0.2) is 0 Å². The number of nitriles is 1. The van der Waals surface area contributed by atoms with Crippen molar-refractivity contribution < 1.29 is 0 Å². The van der Waals surface area contributed by atoms with Gasteiger partial charge in [0.2, 0.25) is 0 Å². The van der Waals surface area contributed by atoms with Gasteiger partial charge in [-0.25, -0.2) is 0 Å². The van der Waals surface area contributed by atoms with Gasteiger partial charge in [0.05, 0.1) is 23.2 Å². The van der Waals surface area contributed by atoms with Crippen LogP contribution < -0.4 is 10.6 Å². The summed E-state index contributed by atoms with van der Waals surface area (Å²) in [6.45, 7) is 2.35. The highest BCUT2D eigenvalue weighted by Crippen LogP contribution is 2.60. The van der Waals surface area contributed by atoms with E-state index in [2.05, 4.69) is 180 Å². The van der Waals surface area contributed by atoms with Crippen LogP contribution in [0.2, 0.25) is 0 Å². The largest absolute Gasteiger partial charge is 0.366 e. The Balaban J connectivity index is 1.08. The molecule has 5 aromatic carbocycles. The summed E-state index contributed by atoms with van der Waals surface area (Å²) in [6.07, 6.45) is 15.9. The first-order valence-electron chi connectivity index (χ1n) is 17.8. The fraction of sp³-hybridized carbons (Fsp3) is 0.128. The van der Waals surface area contributed by atoms with Gasteiger partial charge in [0.25, 0.3) is 0 Å². The second-order valence-corrected chi connectivity index (χ2v) is 13.8. The van der Waals surface area contributed by atoms with Crippen LogP contribution in [0.1, 0.15) is 35.1 Å². The fourth-order valence-corrected chi connectivity index (χ4v) is 8.52. The summed E-state index contributed by atoms with van der Waals surface area (Å²) in [7, 11) is 0. The molecule has 2 heterocycles. The number of nitrogens with one attached hydrogen (secondary N) is 2. The minimum absolute atomic E-state index is 0.0100. The third-order valence-corrected chi connectivity index (χ3v) is 10.9.